The van der Waals surface area contributed by atoms with Crippen molar-refractivity contribution >= 4 is 23.0 Å². The quantitative estimate of drug-likeness (QED) is 0.378. The smallest absolute Gasteiger partial charge is 0.272 e. The van der Waals surface area contributed by atoms with Crippen LogP contribution in [-0.4, -0.2) is 26.9 Å². The second-order valence-corrected chi connectivity index (χ2v) is 7.62. The predicted octanol–water partition coefficient (Wildman–Crippen LogP) is 4.81. The van der Waals surface area contributed by atoms with Crippen molar-refractivity contribution in [1.29, 1.82) is 0 Å². The van der Waals surface area contributed by atoms with Gasteiger partial charge in [-0.1, -0.05) is 42.0 Å². The van der Waals surface area contributed by atoms with Crippen LogP contribution >= 0.6 is 0 Å². The Kier molecular flexibility index (Phi) is 5.62. The first kappa shape index (κ1) is 20.5. The number of carbonyl (C=O) groups excluding carboxylic acids is 1. The van der Waals surface area contributed by atoms with E-state index in [0.717, 1.165) is 45.5 Å². The van der Waals surface area contributed by atoms with Crippen LogP contribution in [0.2, 0.25) is 0 Å². The normalized spacial score (nSPS) is 11.4. The molecular formula is C25H25N5O. The fourth-order valence-corrected chi connectivity index (χ4v) is 3.64. The lowest BCUT2D eigenvalue weighted by Crippen LogP contribution is -2.18. The van der Waals surface area contributed by atoms with E-state index in [9.17, 15) is 4.79 Å². The summed E-state index contributed by atoms with van der Waals surface area (Å²) in [6, 6.07) is 15.7. The van der Waals surface area contributed by atoms with Crippen LogP contribution in [0.3, 0.4) is 0 Å². The first-order valence-electron chi connectivity index (χ1n) is 10.3. The number of fused-ring (bicyclic) bond motifs is 1. The number of pyridine rings is 1. The molecule has 0 saturated heterocycles. The Morgan fingerprint density at radius 3 is 2.68 bits per heavy atom. The molecule has 2 aromatic carbocycles. The van der Waals surface area contributed by atoms with Crippen molar-refractivity contribution in [3.8, 4) is 11.3 Å². The third kappa shape index (κ3) is 4.23. The molecule has 0 fully saturated rings. The van der Waals surface area contributed by atoms with Gasteiger partial charge in [0.1, 0.15) is 0 Å². The first-order chi connectivity index (χ1) is 15.0. The zero-order valence-electron chi connectivity index (χ0n) is 18.2. The Morgan fingerprint density at radius 2 is 1.94 bits per heavy atom. The molecule has 0 aliphatic rings. The molecule has 156 valence electrons. The number of hydrogen-bond acceptors (Lipinski definition) is 4. The van der Waals surface area contributed by atoms with Crippen molar-refractivity contribution in [2.75, 3.05) is 0 Å². The van der Waals surface area contributed by atoms with Gasteiger partial charge in [-0.15, -0.1) is 0 Å². The summed E-state index contributed by atoms with van der Waals surface area (Å²) in [6.45, 7) is 8.85. The van der Waals surface area contributed by atoms with E-state index in [1.807, 2.05) is 55.1 Å². The number of aryl methyl sites for hydroxylation is 4. The number of amides is 1. The summed E-state index contributed by atoms with van der Waals surface area (Å²) in [6.07, 6.45) is 3.53. The molecule has 4 rings (SSSR count). The average molecular weight is 412 g/mol. The Labute approximate surface area is 181 Å². The van der Waals surface area contributed by atoms with Gasteiger partial charge in [0.25, 0.3) is 5.91 Å². The monoisotopic (exact) mass is 411 g/mol. The summed E-state index contributed by atoms with van der Waals surface area (Å²) in [5.41, 5.74) is 9.81. The van der Waals surface area contributed by atoms with Crippen molar-refractivity contribution in [2.45, 2.75) is 34.2 Å². The molecule has 0 radical (unpaired) electrons. The second kappa shape index (κ2) is 8.52. The molecule has 31 heavy (non-hydrogen) atoms. The van der Waals surface area contributed by atoms with E-state index in [4.69, 9.17) is 4.98 Å². The Balaban J connectivity index is 1.69. The van der Waals surface area contributed by atoms with Crippen LogP contribution in [0, 0.1) is 20.8 Å². The highest BCUT2D eigenvalue weighted by molar-refractivity contribution is 6.07. The van der Waals surface area contributed by atoms with Crippen LogP contribution in [0.15, 0.2) is 59.8 Å². The number of para-hydroxylation sites is 1. The standard InChI is InChI=1S/C25H25N5O/c1-5-30-15-19(18(4)29-30)14-26-28-25(31)22-13-24(20-11-10-16(2)12-17(20)3)27-23-9-7-6-8-21(22)23/h6-15H,5H2,1-4H3,(H,28,31)/b26-14+. The molecule has 6 nitrogen and oxygen atoms in total. The molecule has 0 unspecified atom stereocenters. The third-order valence-corrected chi connectivity index (χ3v) is 5.30. The van der Waals surface area contributed by atoms with Crippen LogP contribution in [0.1, 0.15) is 39.7 Å². The van der Waals surface area contributed by atoms with Crippen molar-refractivity contribution in [3.05, 3.63) is 82.7 Å². The molecule has 2 aromatic heterocycles. The van der Waals surface area contributed by atoms with Crippen LogP contribution < -0.4 is 5.43 Å². The maximum atomic E-state index is 13.0. The van der Waals surface area contributed by atoms with E-state index in [1.54, 1.807) is 6.21 Å². The maximum Gasteiger partial charge on any atom is 0.272 e. The fraction of sp³-hybridized carbons (Fsp3) is 0.200. The predicted molar refractivity (Wildman–Crippen MR) is 124 cm³/mol. The average Bonchev–Trinajstić information content (AvgIpc) is 3.12. The molecular weight excluding hydrogens is 386 g/mol. The minimum Gasteiger partial charge on any atom is -0.272 e. The molecule has 1 amide bonds. The summed E-state index contributed by atoms with van der Waals surface area (Å²) in [5.74, 6) is -0.276. The van der Waals surface area contributed by atoms with Gasteiger partial charge in [-0.05, 0) is 45.4 Å². The number of nitrogens with zero attached hydrogens (tertiary/aromatic N) is 4. The molecule has 0 spiro atoms. The Morgan fingerprint density at radius 1 is 1.13 bits per heavy atom. The first-order valence-corrected chi connectivity index (χ1v) is 10.3. The lowest BCUT2D eigenvalue weighted by atomic mass is 9.99. The van der Waals surface area contributed by atoms with Gasteiger partial charge in [0, 0.05) is 29.3 Å². The lowest BCUT2D eigenvalue weighted by molar-refractivity contribution is 0.0956. The minimum atomic E-state index is -0.276. The fourth-order valence-electron chi connectivity index (χ4n) is 3.64. The highest BCUT2D eigenvalue weighted by atomic mass is 16.2. The van der Waals surface area contributed by atoms with Gasteiger partial charge >= 0.3 is 0 Å². The number of hydrogen-bond donors (Lipinski definition) is 1. The van der Waals surface area contributed by atoms with Crippen LogP contribution in [0.25, 0.3) is 22.2 Å². The number of nitrogens with one attached hydrogen (secondary N) is 1. The van der Waals surface area contributed by atoms with E-state index in [-0.39, 0.29) is 5.91 Å². The van der Waals surface area contributed by atoms with Crippen molar-refractivity contribution in [1.82, 2.24) is 20.2 Å². The maximum absolute atomic E-state index is 13.0. The zero-order valence-corrected chi connectivity index (χ0v) is 18.2. The summed E-state index contributed by atoms with van der Waals surface area (Å²) >= 11 is 0. The Hall–Kier alpha value is -3.80. The van der Waals surface area contributed by atoms with Gasteiger partial charge in [-0.25, -0.2) is 10.4 Å². The molecule has 0 aliphatic carbocycles. The Bertz CT molecular complexity index is 1300. The van der Waals surface area contributed by atoms with E-state index in [1.165, 1.54) is 5.56 Å². The molecule has 1 N–H and O–H groups in total. The van der Waals surface area contributed by atoms with Crippen LogP contribution in [-0.2, 0) is 6.54 Å². The van der Waals surface area contributed by atoms with Gasteiger partial charge in [0.2, 0.25) is 0 Å². The second-order valence-electron chi connectivity index (χ2n) is 7.62. The molecule has 6 heteroatoms. The van der Waals surface area contributed by atoms with Crippen molar-refractivity contribution < 1.29 is 4.79 Å². The van der Waals surface area contributed by atoms with Gasteiger partial charge in [-0.2, -0.15) is 10.2 Å². The summed E-state index contributed by atoms with van der Waals surface area (Å²) in [7, 11) is 0. The molecule has 0 aliphatic heterocycles. The highest BCUT2D eigenvalue weighted by Gasteiger charge is 2.14. The van der Waals surface area contributed by atoms with E-state index in [0.29, 0.717) is 5.56 Å². The van der Waals surface area contributed by atoms with Gasteiger partial charge in [0.15, 0.2) is 0 Å². The number of hydrazone groups is 1. The van der Waals surface area contributed by atoms with E-state index < -0.39 is 0 Å². The number of carbonyl (C=O) groups is 1. The van der Waals surface area contributed by atoms with Crippen molar-refractivity contribution in [2.24, 2.45) is 5.10 Å². The zero-order chi connectivity index (χ0) is 22.0. The van der Waals surface area contributed by atoms with E-state index in [2.05, 4.69) is 47.7 Å². The summed E-state index contributed by atoms with van der Waals surface area (Å²) in [5, 5.41) is 9.35. The molecule has 0 bridgehead atoms. The van der Waals surface area contributed by atoms with Crippen LogP contribution in [0.4, 0.5) is 0 Å². The molecule has 2 heterocycles. The lowest BCUT2D eigenvalue weighted by Gasteiger charge is -2.11. The van der Waals surface area contributed by atoms with E-state index >= 15 is 0 Å². The van der Waals surface area contributed by atoms with Gasteiger partial charge in [-0.3, -0.25) is 9.48 Å². The molecule has 0 atom stereocenters. The van der Waals surface area contributed by atoms with Gasteiger partial charge in [0.05, 0.1) is 28.7 Å². The highest BCUT2D eigenvalue weighted by Crippen LogP contribution is 2.27. The molecule has 4 aromatic rings. The largest absolute Gasteiger partial charge is 0.272 e. The third-order valence-electron chi connectivity index (χ3n) is 5.30. The SMILES string of the molecule is CCn1cc(/C=N/NC(=O)c2cc(-c3ccc(C)cc3C)nc3ccccc23)c(C)n1. The van der Waals surface area contributed by atoms with Crippen LogP contribution in [0.5, 0.6) is 0 Å². The summed E-state index contributed by atoms with van der Waals surface area (Å²) < 4.78 is 1.84. The van der Waals surface area contributed by atoms with Crippen molar-refractivity contribution in [3.63, 3.8) is 0 Å². The minimum absolute atomic E-state index is 0.276. The number of rotatable bonds is 5. The molecule has 0 saturated carbocycles. The number of benzene rings is 2. The topological polar surface area (TPSA) is 72.2 Å². The summed E-state index contributed by atoms with van der Waals surface area (Å²) in [4.78, 5) is 17.8. The number of aromatic nitrogens is 3. The van der Waals surface area contributed by atoms with Gasteiger partial charge < -0.3 is 0 Å².